The Labute approximate surface area is 128 Å². The summed E-state index contributed by atoms with van der Waals surface area (Å²) in [5.41, 5.74) is 0.562. The van der Waals surface area contributed by atoms with Crippen molar-refractivity contribution in [3.05, 3.63) is 22.2 Å². The van der Waals surface area contributed by atoms with E-state index >= 15 is 0 Å². The molecule has 0 atom stereocenters. The molecule has 5 heteroatoms. The van der Waals surface area contributed by atoms with Gasteiger partial charge in [-0.25, -0.2) is 0 Å². The van der Waals surface area contributed by atoms with E-state index in [1.807, 2.05) is 6.92 Å². The average Bonchev–Trinajstić information content (AvgIpc) is 2.95. The number of ether oxygens (including phenoxy) is 2. The van der Waals surface area contributed by atoms with Crippen LogP contribution in [0.25, 0.3) is 0 Å². The molecule has 2 rings (SSSR count). The Bertz CT molecular complexity index is 493. The van der Waals surface area contributed by atoms with Gasteiger partial charge in [-0.1, -0.05) is 0 Å². The minimum atomic E-state index is 0.545. The van der Waals surface area contributed by atoms with E-state index in [4.69, 9.17) is 14.7 Å². The molecular formula is C15H19BrN2O2. The topological polar surface area (TPSA) is 45.5 Å². The molecule has 0 spiro atoms. The number of hydrogen-bond acceptors (Lipinski definition) is 4. The van der Waals surface area contributed by atoms with Crippen molar-refractivity contribution in [3.63, 3.8) is 0 Å². The lowest BCUT2D eigenvalue weighted by atomic mass is 10.2. The molecule has 0 bridgehead atoms. The first-order valence-corrected chi connectivity index (χ1v) is 7.75. The van der Waals surface area contributed by atoms with Crippen LogP contribution in [0.2, 0.25) is 0 Å². The maximum Gasteiger partial charge on any atom is 0.175 e. The molecule has 0 saturated carbocycles. The molecule has 20 heavy (non-hydrogen) atoms. The predicted molar refractivity (Wildman–Crippen MR) is 81.2 cm³/mol. The van der Waals surface area contributed by atoms with Crippen molar-refractivity contribution in [1.82, 2.24) is 4.90 Å². The summed E-state index contributed by atoms with van der Waals surface area (Å²) in [5, 5.41) is 8.99. The van der Waals surface area contributed by atoms with Crippen molar-refractivity contribution in [2.24, 2.45) is 0 Å². The summed E-state index contributed by atoms with van der Waals surface area (Å²) < 4.78 is 12.2. The van der Waals surface area contributed by atoms with E-state index in [-0.39, 0.29) is 0 Å². The SMILES string of the molecule is CCOc1cc(C#N)cc(Br)c1OCCN1CCCC1. The Morgan fingerprint density at radius 2 is 2.05 bits per heavy atom. The molecule has 108 valence electrons. The number of likely N-dealkylation sites (tertiary alicyclic amines) is 1. The third-order valence-electron chi connectivity index (χ3n) is 3.29. The summed E-state index contributed by atoms with van der Waals surface area (Å²) in [4.78, 5) is 2.40. The lowest BCUT2D eigenvalue weighted by Crippen LogP contribution is -2.25. The number of nitriles is 1. The molecule has 1 aromatic rings. The van der Waals surface area contributed by atoms with E-state index in [0.717, 1.165) is 24.1 Å². The normalized spacial score (nSPS) is 15.1. The van der Waals surface area contributed by atoms with Crippen LogP contribution in [0.5, 0.6) is 11.5 Å². The average molecular weight is 339 g/mol. The fraction of sp³-hybridized carbons (Fsp3) is 0.533. The van der Waals surface area contributed by atoms with Crippen molar-refractivity contribution in [2.45, 2.75) is 19.8 Å². The molecule has 0 aliphatic carbocycles. The molecule has 1 heterocycles. The molecule has 0 amide bonds. The van der Waals surface area contributed by atoms with Crippen molar-refractivity contribution < 1.29 is 9.47 Å². The van der Waals surface area contributed by atoms with Gasteiger partial charge in [-0.15, -0.1) is 0 Å². The number of nitrogens with zero attached hydrogens (tertiary/aromatic N) is 2. The second kappa shape index (κ2) is 7.51. The fourth-order valence-corrected chi connectivity index (χ4v) is 2.88. The molecule has 0 unspecified atom stereocenters. The Morgan fingerprint density at radius 1 is 1.30 bits per heavy atom. The lowest BCUT2D eigenvalue weighted by molar-refractivity contribution is 0.225. The zero-order chi connectivity index (χ0) is 14.4. The van der Waals surface area contributed by atoms with E-state index in [2.05, 4.69) is 26.9 Å². The Balaban J connectivity index is 2.03. The number of halogens is 1. The van der Waals surface area contributed by atoms with Crippen LogP contribution in [0.15, 0.2) is 16.6 Å². The van der Waals surface area contributed by atoms with Gasteiger partial charge < -0.3 is 9.47 Å². The van der Waals surface area contributed by atoms with E-state index < -0.39 is 0 Å². The minimum Gasteiger partial charge on any atom is -0.490 e. The van der Waals surface area contributed by atoms with Crippen molar-refractivity contribution in [3.8, 4) is 17.6 Å². The highest BCUT2D eigenvalue weighted by Gasteiger charge is 2.14. The summed E-state index contributed by atoms with van der Waals surface area (Å²) in [6.45, 7) is 6.35. The Hall–Kier alpha value is -1.25. The summed E-state index contributed by atoms with van der Waals surface area (Å²) in [7, 11) is 0. The van der Waals surface area contributed by atoms with Crippen LogP contribution >= 0.6 is 15.9 Å². The van der Waals surface area contributed by atoms with E-state index in [0.29, 0.717) is 30.3 Å². The maximum absolute atomic E-state index is 8.99. The predicted octanol–water partition coefficient (Wildman–Crippen LogP) is 3.19. The highest BCUT2D eigenvalue weighted by atomic mass is 79.9. The third kappa shape index (κ3) is 3.87. The van der Waals surface area contributed by atoms with Gasteiger partial charge in [0, 0.05) is 12.6 Å². The van der Waals surface area contributed by atoms with Crippen LogP contribution in [-0.4, -0.2) is 37.7 Å². The van der Waals surface area contributed by atoms with Gasteiger partial charge in [-0.2, -0.15) is 5.26 Å². The van der Waals surface area contributed by atoms with E-state index in [9.17, 15) is 0 Å². The number of hydrogen-bond donors (Lipinski definition) is 0. The first-order valence-electron chi connectivity index (χ1n) is 6.96. The highest BCUT2D eigenvalue weighted by molar-refractivity contribution is 9.10. The smallest absolute Gasteiger partial charge is 0.175 e. The summed E-state index contributed by atoms with van der Waals surface area (Å²) in [6, 6.07) is 5.60. The molecule has 1 fully saturated rings. The first kappa shape index (κ1) is 15.1. The molecule has 4 nitrogen and oxygen atoms in total. The standard InChI is InChI=1S/C15H19BrN2O2/c1-2-19-14-10-12(11-17)9-13(16)15(14)20-8-7-18-5-3-4-6-18/h9-10H,2-8H2,1H3. The molecule has 0 radical (unpaired) electrons. The van der Waals surface area contributed by atoms with Crippen LogP contribution in [0.4, 0.5) is 0 Å². The fourth-order valence-electron chi connectivity index (χ4n) is 2.32. The molecule has 1 aliphatic rings. The zero-order valence-electron chi connectivity index (χ0n) is 11.7. The van der Waals surface area contributed by atoms with Crippen LogP contribution in [0, 0.1) is 11.3 Å². The Kier molecular flexibility index (Phi) is 5.69. The van der Waals surface area contributed by atoms with E-state index in [1.54, 1.807) is 12.1 Å². The minimum absolute atomic E-state index is 0.545. The van der Waals surface area contributed by atoms with Gasteiger partial charge in [0.15, 0.2) is 11.5 Å². The number of benzene rings is 1. The van der Waals surface area contributed by atoms with Crippen LogP contribution in [0.3, 0.4) is 0 Å². The first-order chi connectivity index (χ1) is 9.74. The molecule has 1 aliphatic heterocycles. The monoisotopic (exact) mass is 338 g/mol. The quantitative estimate of drug-likeness (QED) is 0.799. The van der Waals surface area contributed by atoms with Crippen molar-refractivity contribution >= 4 is 15.9 Å². The van der Waals surface area contributed by atoms with Gasteiger partial charge >= 0.3 is 0 Å². The van der Waals surface area contributed by atoms with Gasteiger partial charge in [0.25, 0.3) is 0 Å². The second-order valence-electron chi connectivity index (χ2n) is 4.73. The highest BCUT2D eigenvalue weighted by Crippen LogP contribution is 2.36. The van der Waals surface area contributed by atoms with Gasteiger partial charge in [-0.3, -0.25) is 4.90 Å². The number of rotatable bonds is 6. The van der Waals surface area contributed by atoms with Crippen LogP contribution in [-0.2, 0) is 0 Å². The van der Waals surface area contributed by atoms with E-state index in [1.165, 1.54) is 12.8 Å². The molecule has 1 saturated heterocycles. The zero-order valence-corrected chi connectivity index (χ0v) is 13.3. The summed E-state index contributed by atoms with van der Waals surface area (Å²) in [6.07, 6.45) is 2.56. The largest absolute Gasteiger partial charge is 0.490 e. The third-order valence-corrected chi connectivity index (χ3v) is 3.88. The van der Waals surface area contributed by atoms with Crippen LogP contribution in [0.1, 0.15) is 25.3 Å². The molecule has 0 N–H and O–H groups in total. The lowest BCUT2D eigenvalue weighted by Gasteiger charge is -2.17. The van der Waals surface area contributed by atoms with Crippen LogP contribution < -0.4 is 9.47 Å². The molecular weight excluding hydrogens is 320 g/mol. The second-order valence-corrected chi connectivity index (χ2v) is 5.58. The van der Waals surface area contributed by atoms with Crippen molar-refractivity contribution in [2.75, 3.05) is 32.8 Å². The van der Waals surface area contributed by atoms with Gasteiger partial charge in [0.05, 0.1) is 22.7 Å². The van der Waals surface area contributed by atoms with Gasteiger partial charge in [0.2, 0.25) is 0 Å². The summed E-state index contributed by atoms with van der Waals surface area (Å²) in [5.74, 6) is 1.31. The van der Waals surface area contributed by atoms with Crippen molar-refractivity contribution in [1.29, 1.82) is 5.26 Å². The molecule has 0 aromatic heterocycles. The van der Waals surface area contributed by atoms with Gasteiger partial charge in [-0.05, 0) is 54.9 Å². The Morgan fingerprint density at radius 3 is 2.70 bits per heavy atom. The molecule has 1 aromatic carbocycles. The maximum atomic E-state index is 8.99. The summed E-state index contributed by atoms with van der Waals surface area (Å²) >= 11 is 3.45. The van der Waals surface area contributed by atoms with Gasteiger partial charge in [0.1, 0.15) is 6.61 Å².